The highest BCUT2D eigenvalue weighted by Gasteiger charge is 2.31. The van der Waals surface area contributed by atoms with Crippen molar-refractivity contribution in [3.63, 3.8) is 0 Å². The summed E-state index contributed by atoms with van der Waals surface area (Å²) >= 11 is 1.46. The minimum Gasteiger partial charge on any atom is -0.451 e. The SMILES string of the molecule is CC(=O)Nc1sc2c(c1C(=O)O[C@@H]1CCCCC1=O)CCCC2. The van der Waals surface area contributed by atoms with Crippen molar-refractivity contribution in [2.45, 2.75) is 64.4 Å². The fourth-order valence-corrected chi connectivity index (χ4v) is 4.62. The minimum atomic E-state index is -0.624. The zero-order valence-electron chi connectivity index (χ0n) is 13.3. The zero-order chi connectivity index (χ0) is 16.4. The number of ketones is 1. The Hall–Kier alpha value is -1.69. The Balaban J connectivity index is 1.87. The van der Waals surface area contributed by atoms with Gasteiger partial charge < -0.3 is 10.1 Å². The largest absolute Gasteiger partial charge is 0.451 e. The average Bonchev–Trinajstić information content (AvgIpc) is 2.86. The first kappa shape index (κ1) is 16.2. The van der Waals surface area contributed by atoms with Gasteiger partial charge in [0.15, 0.2) is 11.9 Å². The summed E-state index contributed by atoms with van der Waals surface area (Å²) in [6.07, 6.45) is 6.14. The Kier molecular flexibility index (Phi) is 4.80. The van der Waals surface area contributed by atoms with Crippen molar-refractivity contribution in [2.24, 2.45) is 0 Å². The molecule has 1 heterocycles. The molecule has 0 unspecified atom stereocenters. The summed E-state index contributed by atoms with van der Waals surface area (Å²) in [5, 5.41) is 3.32. The predicted octanol–water partition coefficient (Wildman–Crippen LogP) is 3.25. The van der Waals surface area contributed by atoms with E-state index >= 15 is 0 Å². The van der Waals surface area contributed by atoms with Gasteiger partial charge in [0.1, 0.15) is 5.00 Å². The Bertz CT molecular complexity index is 649. The van der Waals surface area contributed by atoms with Crippen molar-refractivity contribution in [3.8, 4) is 0 Å². The highest BCUT2D eigenvalue weighted by atomic mass is 32.1. The van der Waals surface area contributed by atoms with Crippen molar-refractivity contribution in [1.29, 1.82) is 0 Å². The summed E-state index contributed by atoms with van der Waals surface area (Å²) < 4.78 is 5.50. The molecule has 1 saturated carbocycles. The van der Waals surface area contributed by atoms with Crippen LogP contribution in [0, 0.1) is 0 Å². The van der Waals surface area contributed by atoms with E-state index in [9.17, 15) is 14.4 Å². The van der Waals surface area contributed by atoms with Gasteiger partial charge >= 0.3 is 5.97 Å². The summed E-state index contributed by atoms with van der Waals surface area (Å²) in [7, 11) is 0. The number of Topliss-reactive ketones (excluding diaryl/α,β-unsaturated/α-hetero) is 1. The van der Waals surface area contributed by atoms with Crippen LogP contribution in [0.25, 0.3) is 0 Å². The van der Waals surface area contributed by atoms with Gasteiger partial charge in [0.25, 0.3) is 0 Å². The fraction of sp³-hybridized carbons (Fsp3) is 0.588. The number of rotatable bonds is 3. The van der Waals surface area contributed by atoms with E-state index in [1.165, 1.54) is 18.3 Å². The number of anilines is 1. The molecule has 124 valence electrons. The molecule has 5 nitrogen and oxygen atoms in total. The molecular formula is C17H21NO4S. The van der Waals surface area contributed by atoms with Crippen LogP contribution in [0.4, 0.5) is 5.00 Å². The van der Waals surface area contributed by atoms with Crippen LogP contribution in [0.15, 0.2) is 0 Å². The van der Waals surface area contributed by atoms with Gasteiger partial charge in [-0.3, -0.25) is 9.59 Å². The Morgan fingerprint density at radius 3 is 2.61 bits per heavy atom. The molecule has 0 aliphatic heterocycles. The number of aryl methyl sites for hydroxylation is 1. The van der Waals surface area contributed by atoms with Gasteiger partial charge in [0, 0.05) is 18.2 Å². The van der Waals surface area contributed by atoms with Crippen LogP contribution in [-0.4, -0.2) is 23.8 Å². The lowest BCUT2D eigenvalue weighted by molar-refractivity contribution is -0.130. The normalized spacial score (nSPS) is 20.7. The van der Waals surface area contributed by atoms with E-state index in [1.54, 1.807) is 0 Å². The second-order valence-electron chi connectivity index (χ2n) is 6.20. The maximum atomic E-state index is 12.7. The second kappa shape index (κ2) is 6.83. The van der Waals surface area contributed by atoms with Crippen LogP contribution >= 0.6 is 11.3 Å². The van der Waals surface area contributed by atoms with Crippen LogP contribution < -0.4 is 5.32 Å². The van der Waals surface area contributed by atoms with Crippen molar-refractivity contribution >= 4 is 34.0 Å². The average molecular weight is 335 g/mol. The van der Waals surface area contributed by atoms with Crippen LogP contribution in [0.5, 0.6) is 0 Å². The summed E-state index contributed by atoms with van der Waals surface area (Å²) in [4.78, 5) is 37.2. The van der Waals surface area contributed by atoms with Gasteiger partial charge in [-0.05, 0) is 50.5 Å². The zero-order valence-corrected chi connectivity index (χ0v) is 14.1. The monoisotopic (exact) mass is 335 g/mol. The number of hydrogen-bond donors (Lipinski definition) is 1. The molecule has 1 aromatic heterocycles. The molecule has 6 heteroatoms. The maximum absolute atomic E-state index is 12.7. The summed E-state index contributed by atoms with van der Waals surface area (Å²) in [6, 6.07) is 0. The first-order chi connectivity index (χ1) is 11.1. The molecule has 23 heavy (non-hydrogen) atoms. The molecule has 1 amide bonds. The topological polar surface area (TPSA) is 72.5 Å². The van der Waals surface area contributed by atoms with E-state index in [2.05, 4.69) is 5.32 Å². The molecule has 0 aromatic carbocycles. The second-order valence-corrected chi connectivity index (χ2v) is 7.31. The van der Waals surface area contributed by atoms with E-state index in [0.717, 1.165) is 49.0 Å². The summed E-state index contributed by atoms with van der Waals surface area (Å²) in [5.74, 6) is -0.658. The van der Waals surface area contributed by atoms with Gasteiger partial charge in [-0.2, -0.15) is 0 Å². The van der Waals surface area contributed by atoms with Crippen LogP contribution in [0.2, 0.25) is 0 Å². The number of carbonyl (C=O) groups excluding carboxylic acids is 3. The van der Waals surface area contributed by atoms with Gasteiger partial charge in [-0.1, -0.05) is 0 Å². The third kappa shape index (κ3) is 3.47. The lowest BCUT2D eigenvalue weighted by atomic mass is 9.94. The smallest absolute Gasteiger partial charge is 0.342 e. The van der Waals surface area contributed by atoms with Gasteiger partial charge in [0.2, 0.25) is 5.91 Å². The first-order valence-electron chi connectivity index (χ1n) is 8.22. The fourth-order valence-electron chi connectivity index (χ4n) is 3.29. The van der Waals surface area contributed by atoms with Crippen LogP contribution in [0.3, 0.4) is 0 Å². The van der Waals surface area contributed by atoms with Crippen LogP contribution in [-0.2, 0) is 27.2 Å². The molecule has 0 bridgehead atoms. The standard InChI is InChI=1S/C17H21NO4S/c1-10(19)18-16-15(11-6-2-5-9-14(11)23-16)17(21)22-13-8-4-3-7-12(13)20/h13H,2-9H2,1H3,(H,18,19)/t13-/m1/s1. The Labute approximate surface area is 139 Å². The van der Waals surface area contributed by atoms with Crippen LogP contribution in [0.1, 0.15) is 66.2 Å². The molecule has 1 N–H and O–H groups in total. The summed E-state index contributed by atoms with van der Waals surface area (Å²) in [5.41, 5.74) is 1.47. The van der Waals surface area contributed by atoms with Gasteiger partial charge in [0.05, 0.1) is 5.56 Å². The number of ether oxygens (including phenoxy) is 1. The van der Waals surface area contributed by atoms with E-state index in [4.69, 9.17) is 4.74 Å². The third-order valence-electron chi connectivity index (χ3n) is 4.41. The van der Waals surface area contributed by atoms with Crippen molar-refractivity contribution in [1.82, 2.24) is 0 Å². The summed E-state index contributed by atoms with van der Waals surface area (Å²) in [6.45, 7) is 1.43. The quantitative estimate of drug-likeness (QED) is 0.861. The molecule has 1 atom stereocenters. The molecule has 0 spiro atoms. The lowest BCUT2D eigenvalue weighted by Crippen LogP contribution is -2.30. The molecule has 2 aliphatic carbocycles. The number of fused-ring (bicyclic) bond motifs is 1. The highest BCUT2D eigenvalue weighted by molar-refractivity contribution is 7.17. The first-order valence-corrected chi connectivity index (χ1v) is 9.03. The third-order valence-corrected chi connectivity index (χ3v) is 5.62. The molecule has 1 aromatic rings. The number of esters is 1. The minimum absolute atomic E-state index is 0.00905. The van der Waals surface area contributed by atoms with Gasteiger partial charge in [-0.15, -0.1) is 11.3 Å². The van der Waals surface area contributed by atoms with E-state index in [1.807, 2.05) is 0 Å². The van der Waals surface area contributed by atoms with Crippen molar-refractivity contribution < 1.29 is 19.1 Å². The van der Waals surface area contributed by atoms with Crippen molar-refractivity contribution in [2.75, 3.05) is 5.32 Å². The maximum Gasteiger partial charge on any atom is 0.342 e. The number of carbonyl (C=O) groups is 3. The number of hydrogen-bond acceptors (Lipinski definition) is 5. The Morgan fingerprint density at radius 2 is 1.87 bits per heavy atom. The lowest BCUT2D eigenvalue weighted by Gasteiger charge is -2.21. The molecule has 3 rings (SSSR count). The van der Waals surface area contributed by atoms with E-state index in [-0.39, 0.29) is 11.7 Å². The highest BCUT2D eigenvalue weighted by Crippen LogP contribution is 2.39. The molecule has 0 radical (unpaired) electrons. The molecular weight excluding hydrogens is 314 g/mol. The molecule has 0 saturated heterocycles. The number of nitrogens with one attached hydrogen (secondary N) is 1. The molecule has 2 aliphatic rings. The number of amides is 1. The number of thiophene rings is 1. The van der Waals surface area contributed by atoms with E-state index < -0.39 is 12.1 Å². The van der Waals surface area contributed by atoms with Gasteiger partial charge in [-0.25, -0.2) is 4.79 Å². The van der Waals surface area contributed by atoms with E-state index in [0.29, 0.717) is 23.4 Å². The van der Waals surface area contributed by atoms with Crippen molar-refractivity contribution in [3.05, 3.63) is 16.0 Å². The Morgan fingerprint density at radius 1 is 1.13 bits per heavy atom. The predicted molar refractivity (Wildman–Crippen MR) is 87.9 cm³/mol. The molecule has 1 fully saturated rings.